The molecule has 0 spiro atoms. The Balaban J connectivity index is 1.42. The first-order valence-corrected chi connectivity index (χ1v) is 4.60. The van der Waals surface area contributed by atoms with Crippen molar-refractivity contribution in [1.29, 1.82) is 0 Å². The number of epoxide rings is 2. The number of ether oxygens (including phenoxy) is 4. The lowest BCUT2D eigenvalue weighted by atomic mass is 10.4. The van der Waals surface area contributed by atoms with E-state index in [0.29, 0.717) is 32.0 Å². The zero-order valence-corrected chi connectivity index (χ0v) is 7.61. The van der Waals surface area contributed by atoms with Gasteiger partial charge in [-0.1, -0.05) is 0 Å². The lowest BCUT2D eigenvalue weighted by molar-refractivity contribution is -0.00205. The van der Waals surface area contributed by atoms with Crippen molar-refractivity contribution in [2.24, 2.45) is 0 Å². The molecule has 13 heavy (non-hydrogen) atoms. The van der Waals surface area contributed by atoms with E-state index in [9.17, 15) is 0 Å². The summed E-state index contributed by atoms with van der Waals surface area (Å²) in [5.74, 6) is 0. The van der Waals surface area contributed by atoms with Crippen LogP contribution in [0.15, 0.2) is 0 Å². The van der Waals surface area contributed by atoms with E-state index < -0.39 is 0 Å². The molecule has 4 heteroatoms. The van der Waals surface area contributed by atoms with Crippen LogP contribution in [-0.4, -0.2) is 51.3 Å². The summed E-state index contributed by atoms with van der Waals surface area (Å²) in [6, 6.07) is 0. The quantitative estimate of drug-likeness (QED) is 0.527. The largest absolute Gasteiger partial charge is 0.376 e. The molecule has 0 aromatic rings. The van der Waals surface area contributed by atoms with Crippen molar-refractivity contribution in [1.82, 2.24) is 0 Å². The first kappa shape index (κ1) is 9.40. The molecule has 2 aliphatic rings. The Morgan fingerprint density at radius 2 is 1.85 bits per heavy atom. The summed E-state index contributed by atoms with van der Waals surface area (Å²) in [4.78, 5) is 0. The fourth-order valence-electron chi connectivity index (χ4n) is 0.951. The monoisotopic (exact) mass is 187 g/mol. The predicted octanol–water partition coefficient (Wildman–Crippen LogP) is 0.0199. The molecule has 75 valence electrons. The molecule has 2 rings (SSSR count). The molecule has 0 aromatic carbocycles. The fraction of sp³-hybridized carbons (Fsp3) is 0.889. The molecule has 3 unspecified atom stereocenters. The summed E-state index contributed by atoms with van der Waals surface area (Å²) in [6.07, 6.45) is 0.526. The summed E-state index contributed by atoms with van der Waals surface area (Å²) in [7, 11) is 0. The Labute approximate surface area is 78.1 Å². The number of rotatable bonds is 7. The lowest BCUT2D eigenvalue weighted by Crippen LogP contribution is -2.20. The minimum atomic E-state index is -0.0945. The van der Waals surface area contributed by atoms with Gasteiger partial charge in [-0.15, -0.1) is 0 Å². The molecule has 2 heterocycles. The van der Waals surface area contributed by atoms with E-state index in [2.05, 4.69) is 6.92 Å². The molecular formula is C9H15O4. The number of hydrogen-bond donors (Lipinski definition) is 0. The highest BCUT2D eigenvalue weighted by atomic mass is 16.6. The van der Waals surface area contributed by atoms with E-state index in [1.807, 2.05) is 0 Å². The van der Waals surface area contributed by atoms with Crippen LogP contribution in [0.2, 0.25) is 0 Å². The molecule has 0 N–H and O–H groups in total. The second kappa shape index (κ2) is 4.37. The molecule has 0 aromatic heterocycles. The van der Waals surface area contributed by atoms with Crippen LogP contribution in [-0.2, 0) is 18.9 Å². The maximum Gasteiger partial charge on any atom is 0.104 e. The van der Waals surface area contributed by atoms with Crippen LogP contribution in [0.25, 0.3) is 0 Å². The highest BCUT2D eigenvalue weighted by molar-refractivity contribution is 4.71. The minimum Gasteiger partial charge on any atom is -0.376 e. The maximum atomic E-state index is 5.37. The van der Waals surface area contributed by atoms with Gasteiger partial charge in [-0.05, 0) is 6.92 Å². The van der Waals surface area contributed by atoms with E-state index in [0.717, 1.165) is 13.2 Å². The van der Waals surface area contributed by atoms with Gasteiger partial charge in [-0.25, -0.2) is 0 Å². The SMILES string of the molecule is [CH2]C(COCC1CO1)OCC1CO1. The van der Waals surface area contributed by atoms with E-state index in [1.165, 1.54) is 0 Å². The van der Waals surface area contributed by atoms with Crippen molar-refractivity contribution in [3.8, 4) is 0 Å². The lowest BCUT2D eigenvalue weighted by Gasteiger charge is -2.11. The Morgan fingerprint density at radius 3 is 2.46 bits per heavy atom. The Bertz CT molecular complexity index is 154. The van der Waals surface area contributed by atoms with Crippen molar-refractivity contribution >= 4 is 0 Å². The molecule has 3 atom stereocenters. The van der Waals surface area contributed by atoms with E-state index in [1.54, 1.807) is 0 Å². The zero-order valence-electron chi connectivity index (χ0n) is 7.61. The van der Waals surface area contributed by atoms with Gasteiger partial charge in [-0.3, -0.25) is 0 Å². The van der Waals surface area contributed by atoms with Crippen LogP contribution < -0.4 is 0 Å². The second-order valence-corrected chi connectivity index (χ2v) is 3.40. The van der Waals surface area contributed by atoms with Crippen LogP contribution >= 0.6 is 0 Å². The molecule has 2 saturated heterocycles. The highest BCUT2D eigenvalue weighted by Crippen LogP contribution is 2.11. The third-order valence-corrected chi connectivity index (χ3v) is 1.93. The van der Waals surface area contributed by atoms with Crippen LogP contribution in [0.3, 0.4) is 0 Å². The van der Waals surface area contributed by atoms with Crippen molar-refractivity contribution in [3.05, 3.63) is 6.92 Å². The van der Waals surface area contributed by atoms with Gasteiger partial charge in [-0.2, -0.15) is 0 Å². The van der Waals surface area contributed by atoms with Crippen molar-refractivity contribution in [3.63, 3.8) is 0 Å². The molecule has 0 amide bonds. The Kier molecular flexibility index (Phi) is 3.16. The van der Waals surface area contributed by atoms with Gasteiger partial charge in [0, 0.05) is 0 Å². The van der Waals surface area contributed by atoms with Gasteiger partial charge in [0.1, 0.15) is 12.2 Å². The van der Waals surface area contributed by atoms with Crippen LogP contribution in [0.5, 0.6) is 0 Å². The third-order valence-electron chi connectivity index (χ3n) is 1.93. The fourth-order valence-corrected chi connectivity index (χ4v) is 0.951. The number of hydrogen-bond acceptors (Lipinski definition) is 4. The highest BCUT2D eigenvalue weighted by Gasteiger charge is 2.24. The minimum absolute atomic E-state index is 0.0945. The van der Waals surface area contributed by atoms with Gasteiger partial charge in [0.25, 0.3) is 0 Å². The van der Waals surface area contributed by atoms with Gasteiger partial charge >= 0.3 is 0 Å². The van der Waals surface area contributed by atoms with Gasteiger partial charge < -0.3 is 18.9 Å². The van der Waals surface area contributed by atoms with Crippen LogP contribution in [0.4, 0.5) is 0 Å². The summed E-state index contributed by atoms with van der Waals surface area (Å²) in [5.41, 5.74) is 0. The molecule has 0 saturated carbocycles. The first-order valence-electron chi connectivity index (χ1n) is 4.60. The normalized spacial score (nSPS) is 33.0. The molecule has 0 bridgehead atoms. The summed E-state index contributed by atoms with van der Waals surface area (Å²) >= 11 is 0. The average molecular weight is 187 g/mol. The van der Waals surface area contributed by atoms with Crippen LogP contribution in [0, 0.1) is 6.92 Å². The summed E-state index contributed by atoms with van der Waals surface area (Å²) in [5, 5.41) is 0. The molecule has 2 fully saturated rings. The summed E-state index contributed by atoms with van der Waals surface area (Å²) < 4.78 is 20.7. The molecule has 2 aliphatic heterocycles. The third kappa shape index (κ3) is 4.04. The average Bonchev–Trinajstić information content (AvgIpc) is 2.97. The standard InChI is InChI=1S/C9H15O4/c1-7(11-4-9-6-13-9)2-10-3-8-5-12-8/h7-9H,1-6H2. The maximum absolute atomic E-state index is 5.37. The molecule has 1 radical (unpaired) electrons. The second-order valence-electron chi connectivity index (χ2n) is 3.40. The van der Waals surface area contributed by atoms with Gasteiger partial charge in [0.05, 0.1) is 39.1 Å². The van der Waals surface area contributed by atoms with Gasteiger partial charge in [0.2, 0.25) is 0 Å². The van der Waals surface area contributed by atoms with E-state index >= 15 is 0 Å². The van der Waals surface area contributed by atoms with E-state index in [4.69, 9.17) is 18.9 Å². The molecular weight excluding hydrogens is 172 g/mol. The van der Waals surface area contributed by atoms with Gasteiger partial charge in [0.15, 0.2) is 0 Å². The predicted molar refractivity (Wildman–Crippen MR) is 45.4 cm³/mol. The zero-order chi connectivity index (χ0) is 9.10. The Hall–Kier alpha value is -0.160. The summed E-state index contributed by atoms with van der Waals surface area (Å²) in [6.45, 7) is 7.30. The molecule has 0 aliphatic carbocycles. The van der Waals surface area contributed by atoms with Crippen LogP contribution in [0.1, 0.15) is 0 Å². The van der Waals surface area contributed by atoms with E-state index in [-0.39, 0.29) is 6.10 Å². The molecule has 4 nitrogen and oxygen atoms in total. The van der Waals surface area contributed by atoms with Crippen molar-refractivity contribution < 1.29 is 18.9 Å². The Morgan fingerprint density at radius 1 is 1.23 bits per heavy atom. The van der Waals surface area contributed by atoms with Crippen molar-refractivity contribution in [2.75, 3.05) is 33.0 Å². The topological polar surface area (TPSA) is 43.5 Å². The van der Waals surface area contributed by atoms with Crippen molar-refractivity contribution in [2.45, 2.75) is 18.3 Å². The first-order chi connectivity index (χ1) is 6.34. The smallest absolute Gasteiger partial charge is 0.104 e.